The van der Waals surface area contributed by atoms with Crippen LogP contribution in [0.4, 0.5) is 5.69 Å². The third-order valence-electron chi connectivity index (χ3n) is 6.39. The molecule has 0 saturated carbocycles. The summed E-state index contributed by atoms with van der Waals surface area (Å²) in [5, 5.41) is 9.71. The average molecular weight is 484 g/mol. The molecule has 0 spiro atoms. The second-order valence-corrected chi connectivity index (χ2v) is 9.77. The van der Waals surface area contributed by atoms with Crippen LogP contribution >= 0.6 is 11.6 Å². The summed E-state index contributed by atoms with van der Waals surface area (Å²) in [5.74, 6) is -0.802. The van der Waals surface area contributed by atoms with Gasteiger partial charge in [0.1, 0.15) is 11.5 Å². The molecule has 1 heterocycles. The molecule has 2 aliphatic rings. The van der Waals surface area contributed by atoms with Crippen molar-refractivity contribution in [2.45, 2.75) is 39.0 Å². The number of carbonyl (C=O) groups excluding carboxylic acids is 2. The van der Waals surface area contributed by atoms with Gasteiger partial charge in [-0.2, -0.15) is 0 Å². The van der Waals surface area contributed by atoms with Crippen LogP contribution in [0.1, 0.15) is 54.9 Å². The van der Waals surface area contributed by atoms with Gasteiger partial charge in [0.2, 0.25) is 5.91 Å². The highest BCUT2D eigenvalue weighted by molar-refractivity contribution is 6.34. The Morgan fingerprint density at radius 1 is 1.09 bits per heavy atom. The van der Waals surface area contributed by atoms with Crippen molar-refractivity contribution in [2.75, 3.05) is 19.1 Å². The van der Waals surface area contributed by atoms with Crippen molar-refractivity contribution in [3.05, 3.63) is 63.8 Å². The molecule has 0 saturated heterocycles. The van der Waals surface area contributed by atoms with E-state index in [0.29, 0.717) is 35.6 Å². The molecule has 0 aromatic heterocycles. The molecule has 2 aromatic rings. The van der Waals surface area contributed by atoms with Crippen molar-refractivity contribution in [1.82, 2.24) is 0 Å². The number of amides is 1. The number of halogens is 1. The molecule has 0 bridgehead atoms. The SMILES string of the molecule is COc1ccc(C2CC(=O)N(c3cc(C(=O)O)ccc3Cl)C3=C2C(=O)CC(C)(C)C3)c(OC)c1. The lowest BCUT2D eigenvalue weighted by Gasteiger charge is -2.43. The van der Waals surface area contributed by atoms with E-state index in [1.54, 1.807) is 19.2 Å². The number of carboxylic acids is 1. The molecule has 1 atom stereocenters. The van der Waals surface area contributed by atoms with Crippen molar-refractivity contribution in [3.63, 3.8) is 0 Å². The van der Waals surface area contributed by atoms with Gasteiger partial charge in [-0.15, -0.1) is 0 Å². The number of hydrogen-bond acceptors (Lipinski definition) is 5. The van der Waals surface area contributed by atoms with Crippen LogP contribution < -0.4 is 14.4 Å². The smallest absolute Gasteiger partial charge is 0.335 e. The van der Waals surface area contributed by atoms with Crippen LogP contribution in [0, 0.1) is 5.41 Å². The minimum Gasteiger partial charge on any atom is -0.497 e. The maximum atomic E-state index is 13.6. The lowest BCUT2D eigenvalue weighted by molar-refractivity contribution is -0.121. The molecule has 1 aliphatic carbocycles. The van der Waals surface area contributed by atoms with E-state index in [2.05, 4.69) is 0 Å². The number of ketones is 1. The summed E-state index contributed by atoms with van der Waals surface area (Å²) in [6.45, 7) is 3.95. The topological polar surface area (TPSA) is 93.1 Å². The number of Topliss-reactive ketones (excluding diaryl/α,β-unsaturated/α-hetero) is 1. The number of anilines is 1. The third-order valence-corrected chi connectivity index (χ3v) is 6.71. The van der Waals surface area contributed by atoms with Gasteiger partial charge in [0.25, 0.3) is 0 Å². The molecule has 7 nitrogen and oxygen atoms in total. The van der Waals surface area contributed by atoms with E-state index in [-0.39, 0.29) is 39.8 Å². The van der Waals surface area contributed by atoms with E-state index in [9.17, 15) is 19.5 Å². The number of aromatic carboxylic acids is 1. The molecular weight excluding hydrogens is 458 g/mol. The summed E-state index contributed by atoms with van der Waals surface area (Å²) in [7, 11) is 3.09. The van der Waals surface area contributed by atoms with E-state index in [1.165, 1.54) is 30.2 Å². The molecule has 1 aliphatic heterocycles. The maximum absolute atomic E-state index is 13.6. The zero-order valence-electron chi connectivity index (χ0n) is 19.5. The first-order chi connectivity index (χ1) is 16.1. The minimum absolute atomic E-state index is 0.00898. The lowest BCUT2D eigenvalue weighted by atomic mass is 9.69. The Balaban J connectivity index is 1.94. The Morgan fingerprint density at radius 2 is 1.82 bits per heavy atom. The Labute approximate surface area is 202 Å². The van der Waals surface area contributed by atoms with Crippen LogP contribution in [0.2, 0.25) is 5.02 Å². The second-order valence-electron chi connectivity index (χ2n) is 9.37. The number of allylic oxidation sites excluding steroid dienone is 2. The number of methoxy groups -OCH3 is 2. The Bertz CT molecular complexity index is 1230. The number of rotatable bonds is 5. The monoisotopic (exact) mass is 483 g/mol. The van der Waals surface area contributed by atoms with Crippen molar-refractivity contribution < 1.29 is 29.0 Å². The number of carboxylic acid groups (broad SMARTS) is 1. The number of ether oxygens (including phenoxy) is 2. The molecule has 1 amide bonds. The van der Waals surface area contributed by atoms with Gasteiger partial charge in [0.05, 0.1) is 30.5 Å². The fourth-order valence-corrected chi connectivity index (χ4v) is 5.09. The predicted molar refractivity (Wildman–Crippen MR) is 128 cm³/mol. The van der Waals surface area contributed by atoms with E-state index in [1.807, 2.05) is 19.9 Å². The average Bonchev–Trinajstić information content (AvgIpc) is 2.77. The van der Waals surface area contributed by atoms with Gasteiger partial charge in [0.15, 0.2) is 5.78 Å². The highest BCUT2D eigenvalue weighted by Crippen LogP contribution is 2.50. The zero-order valence-corrected chi connectivity index (χ0v) is 20.2. The summed E-state index contributed by atoms with van der Waals surface area (Å²) < 4.78 is 10.9. The van der Waals surface area contributed by atoms with Gasteiger partial charge in [-0.25, -0.2) is 4.79 Å². The van der Waals surface area contributed by atoms with Gasteiger partial charge in [0, 0.05) is 41.7 Å². The summed E-state index contributed by atoms with van der Waals surface area (Å²) >= 11 is 6.44. The van der Waals surface area contributed by atoms with Gasteiger partial charge >= 0.3 is 5.97 Å². The number of carbonyl (C=O) groups is 3. The Kier molecular flexibility index (Phi) is 6.16. The molecule has 0 fully saturated rings. The molecule has 8 heteroatoms. The molecule has 1 unspecified atom stereocenters. The normalized spacial score (nSPS) is 19.7. The molecule has 2 aromatic carbocycles. The Hall–Kier alpha value is -3.32. The van der Waals surface area contributed by atoms with Crippen LogP contribution in [-0.2, 0) is 9.59 Å². The first-order valence-corrected chi connectivity index (χ1v) is 11.3. The zero-order chi connectivity index (χ0) is 24.8. The first kappa shape index (κ1) is 23.8. The van der Waals surface area contributed by atoms with Crippen LogP contribution in [0.25, 0.3) is 0 Å². The lowest BCUT2D eigenvalue weighted by Crippen LogP contribution is -2.44. The third kappa shape index (κ3) is 4.16. The standard InChI is InChI=1S/C26H26ClNO6/c1-26(2)12-20-24(21(29)13-26)17(16-7-6-15(33-3)10-22(16)34-4)11-23(30)28(20)19-9-14(25(31)32)5-8-18(19)27/h5-10,17H,11-13H2,1-4H3,(H,31,32). The molecule has 34 heavy (non-hydrogen) atoms. The number of benzene rings is 2. The fourth-order valence-electron chi connectivity index (χ4n) is 4.88. The van der Waals surface area contributed by atoms with Crippen LogP contribution in [0.15, 0.2) is 47.7 Å². The van der Waals surface area contributed by atoms with Crippen molar-refractivity contribution >= 4 is 34.9 Å². The van der Waals surface area contributed by atoms with Gasteiger partial charge in [-0.05, 0) is 36.1 Å². The van der Waals surface area contributed by atoms with E-state index < -0.39 is 11.9 Å². The largest absolute Gasteiger partial charge is 0.497 e. The van der Waals surface area contributed by atoms with Crippen LogP contribution in [0.5, 0.6) is 11.5 Å². The highest BCUT2D eigenvalue weighted by Gasteiger charge is 2.45. The summed E-state index contributed by atoms with van der Waals surface area (Å²) in [6, 6.07) is 9.56. The first-order valence-electron chi connectivity index (χ1n) is 10.9. The van der Waals surface area contributed by atoms with Crippen molar-refractivity contribution in [1.29, 1.82) is 0 Å². The summed E-state index contributed by atoms with van der Waals surface area (Å²) in [6.07, 6.45) is 0.815. The van der Waals surface area contributed by atoms with E-state index in [4.69, 9.17) is 21.1 Å². The molecule has 1 N–H and O–H groups in total. The second kappa shape index (κ2) is 8.80. The highest BCUT2D eigenvalue weighted by atomic mass is 35.5. The van der Waals surface area contributed by atoms with Gasteiger partial charge in [-0.3, -0.25) is 14.5 Å². The molecular formula is C26H26ClNO6. The molecule has 0 radical (unpaired) electrons. The summed E-state index contributed by atoms with van der Waals surface area (Å²) in [5.41, 5.74) is 1.72. The predicted octanol–water partition coefficient (Wildman–Crippen LogP) is 5.22. The van der Waals surface area contributed by atoms with E-state index in [0.717, 1.165) is 5.56 Å². The van der Waals surface area contributed by atoms with Crippen LogP contribution in [0.3, 0.4) is 0 Å². The van der Waals surface area contributed by atoms with E-state index >= 15 is 0 Å². The van der Waals surface area contributed by atoms with Crippen molar-refractivity contribution in [2.24, 2.45) is 5.41 Å². The minimum atomic E-state index is -1.13. The van der Waals surface area contributed by atoms with Crippen LogP contribution in [-0.4, -0.2) is 37.0 Å². The summed E-state index contributed by atoms with van der Waals surface area (Å²) in [4.78, 5) is 40.2. The van der Waals surface area contributed by atoms with Gasteiger partial charge < -0.3 is 14.6 Å². The maximum Gasteiger partial charge on any atom is 0.335 e. The molecule has 4 rings (SSSR count). The Morgan fingerprint density at radius 3 is 2.47 bits per heavy atom. The van der Waals surface area contributed by atoms with Gasteiger partial charge in [-0.1, -0.05) is 31.5 Å². The molecule has 178 valence electrons. The number of nitrogens with zero attached hydrogens (tertiary/aromatic N) is 1. The van der Waals surface area contributed by atoms with Crippen molar-refractivity contribution in [3.8, 4) is 11.5 Å². The number of hydrogen-bond donors (Lipinski definition) is 1. The fraction of sp³-hybridized carbons (Fsp3) is 0.346. The quantitative estimate of drug-likeness (QED) is 0.626.